The number of amides is 2. The summed E-state index contributed by atoms with van der Waals surface area (Å²) in [5.41, 5.74) is 0.631. The Balaban J connectivity index is 1.76. The van der Waals surface area contributed by atoms with Gasteiger partial charge in [-0.2, -0.15) is 0 Å². The highest BCUT2D eigenvalue weighted by atomic mass is 79.9. The Labute approximate surface area is 161 Å². The average molecular weight is 421 g/mol. The number of halogens is 1. The van der Waals surface area contributed by atoms with Crippen LogP contribution >= 0.6 is 15.9 Å². The molecule has 138 valence electrons. The lowest BCUT2D eigenvalue weighted by Crippen LogP contribution is -2.40. The molecule has 1 unspecified atom stereocenters. The molecule has 0 saturated carbocycles. The average Bonchev–Trinajstić information content (AvgIpc) is 2.63. The van der Waals surface area contributed by atoms with Gasteiger partial charge in [0.1, 0.15) is 11.5 Å². The van der Waals surface area contributed by atoms with E-state index in [-0.39, 0.29) is 18.4 Å². The molecule has 0 aliphatic carbocycles. The standard InChI is InChI=1S/C19H21BrN2O4/c1-3-25-16-10-6-15(7-11-16)22-18(23)12-21-19(24)13(2)26-17-8-4-14(20)5-9-17/h4-11,13H,3,12H2,1-2H3,(H,21,24)(H,22,23). The van der Waals surface area contributed by atoms with Crippen molar-refractivity contribution in [3.63, 3.8) is 0 Å². The van der Waals surface area contributed by atoms with Crippen LogP contribution in [0, 0.1) is 0 Å². The van der Waals surface area contributed by atoms with E-state index in [2.05, 4.69) is 26.6 Å². The molecular weight excluding hydrogens is 400 g/mol. The summed E-state index contributed by atoms with van der Waals surface area (Å²) in [4.78, 5) is 24.0. The molecular formula is C19H21BrN2O4. The molecule has 0 heterocycles. The molecule has 0 radical (unpaired) electrons. The van der Waals surface area contributed by atoms with E-state index >= 15 is 0 Å². The van der Waals surface area contributed by atoms with Crippen molar-refractivity contribution in [1.82, 2.24) is 5.32 Å². The van der Waals surface area contributed by atoms with E-state index in [0.29, 0.717) is 18.0 Å². The van der Waals surface area contributed by atoms with Gasteiger partial charge in [-0.15, -0.1) is 0 Å². The van der Waals surface area contributed by atoms with E-state index in [4.69, 9.17) is 9.47 Å². The van der Waals surface area contributed by atoms with Gasteiger partial charge in [-0.05, 0) is 62.4 Å². The van der Waals surface area contributed by atoms with Crippen molar-refractivity contribution in [3.05, 3.63) is 53.0 Å². The van der Waals surface area contributed by atoms with Crippen LogP contribution in [-0.4, -0.2) is 31.1 Å². The van der Waals surface area contributed by atoms with E-state index in [0.717, 1.165) is 10.2 Å². The van der Waals surface area contributed by atoms with E-state index in [1.807, 2.05) is 19.1 Å². The van der Waals surface area contributed by atoms with Crippen molar-refractivity contribution < 1.29 is 19.1 Å². The molecule has 2 N–H and O–H groups in total. The Hall–Kier alpha value is -2.54. The molecule has 0 spiro atoms. The number of anilines is 1. The fourth-order valence-electron chi connectivity index (χ4n) is 2.09. The van der Waals surface area contributed by atoms with Gasteiger partial charge in [-0.25, -0.2) is 0 Å². The minimum absolute atomic E-state index is 0.139. The third kappa shape index (κ3) is 6.40. The highest BCUT2D eigenvalue weighted by Crippen LogP contribution is 2.17. The van der Waals surface area contributed by atoms with Crippen LogP contribution in [0.15, 0.2) is 53.0 Å². The van der Waals surface area contributed by atoms with E-state index in [9.17, 15) is 9.59 Å². The molecule has 7 heteroatoms. The van der Waals surface area contributed by atoms with Gasteiger partial charge in [0.2, 0.25) is 5.91 Å². The van der Waals surface area contributed by atoms with E-state index < -0.39 is 6.10 Å². The van der Waals surface area contributed by atoms with Crippen molar-refractivity contribution >= 4 is 33.4 Å². The maximum Gasteiger partial charge on any atom is 0.261 e. The number of carbonyl (C=O) groups is 2. The van der Waals surface area contributed by atoms with Gasteiger partial charge < -0.3 is 20.1 Å². The molecule has 0 fully saturated rings. The van der Waals surface area contributed by atoms with Crippen molar-refractivity contribution in [2.75, 3.05) is 18.5 Å². The lowest BCUT2D eigenvalue weighted by Gasteiger charge is -2.14. The molecule has 0 aliphatic rings. The summed E-state index contributed by atoms with van der Waals surface area (Å²) in [6, 6.07) is 14.2. The third-order valence-electron chi connectivity index (χ3n) is 3.37. The fourth-order valence-corrected chi connectivity index (χ4v) is 2.35. The summed E-state index contributed by atoms with van der Waals surface area (Å²) in [5, 5.41) is 5.26. The van der Waals surface area contributed by atoms with Gasteiger partial charge in [-0.1, -0.05) is 15.9 Å². The summed E-state index contributed by atoms with van der Waals surface area (Å²) in [5.74, 6) is 0.625. The van der Waals surface area contributed by atoms with Gasteiger partial charge in [-0.3, -0.25) is 9.59 Å². The maximum atomic E-state index is 12.0. The van der Waals surface area contributed by atoms with Crippen molar-refractivity contribution in [1.29, 1.82) is 0 Å². The molecule has 0 aromatic heterocycles. The number of nitrogens with one attached hydrogen (secondary N) is 2. The Bertz CT molecular complexity index is 732. The zero-order valence-electron chi connectivity index (χ0n) is 14.6. The quantitative estimate of drug-likeness (QED) is 0.686. The van der Waals surface area contributed by atoms with E-state index in [1.54, 1.807) is 43.3 Å². The summed E-state index contributed by atoms with van der Waals surface area (Å²) in [6.45, 7) is 3.97. The van der Waals surface area contributed by atoms with Crippen LogP contribution in [0.25, 0.3) is 0 Å². The number of hydrogen-bond acceptors (Lipinski definition) is 4. The summed E-state index contributed by atoms with van der Waals surface area (Å²) < 4.78 is 11.8. The molecule has 1 atom stereocenters. The lowest BCUT2D eigenvalue weighted by atomic mass is 10.3. The molecule has 6 nitrogen and oxygen atoms in total. The van der Waals surface area contributed by atoms with Crippen molar-refractivity contribution in [2.24, 2.45) is 0 Å². The lowest BCUT2D eigenvalue weighted by molar-refractivity contribution is -0.129. The van der Waals surface area contributed by atoms with Gasteiger partial charge >= 0.3 is 0 Å². The van der Waals surface area contributed by atoms with Gasteiger partial charge in [0, 0.05) is 10.2 Å². The van der Waals surface area contributed by atoms with E-state index in [1.165, 1.54) is 0 Å². The first-order chi connectivity index (χ1) is 12.5. The first-order valence-electron chi connectivity index (χ1n) is 8.20. The monoisotopic (exact) mass is 420 g/mol. The molecule has 2 rings (SSSR count). The van der Waals surface area contributed by atoms with Crippen LogP contribution in [0.5, 0.6) is 11.5 Å². The minimum atomic E-state index is -0.713. The van der Waals surface area contributed by atoms with Crippen molar-refractivity contribution in [3.8, 4) is 11.5 Å². The van der Waals surface area contributed by atoms with Crippen LogP contribution in [0.3, 0.4) is 0 Å². The molecule has 0 saturated heterocycles. The van der Waals surface area contributed by atoms with Gasteiger partial charge in [0.25, 0.3) is 5.91 Å². The zero-order valence-corrected chi connectivity index (χ0v) is 16.2. The minimum Gasteiger partial charge on any atom is -0.494 e. The number of benzene rings is 2. The number of hydrogen-bond donors (Lipinski definition) is 2. The fraction of sp³-hybridized carbons (Fsp3) is 0.263. The van der Waals surface area contributed by atoms with Crippen LogP contribution < -0.4 is 20.1 Å². The molecule has 26 heavy (non-hydrogen) atoms. The molecule has 0 aliphatic heterocycles. The Morgan fingerprint density at radius 2 is 1.65 bits per heavy atom. The Morgan fingerprint density at radius 3 is 2.27 bits per heavy atom. The molecule has 2 amide bonds. The van der Waals surface area contributed by atoms with Crippen molar-refractivity contribution in [2.45, 2.75) is 20.0 Å². The second-order valence-electron chi connectivity index (χ2n) is 5.44. The molecule has 2 aromatic rings. The highest BCUT2D eigenvalue weighted by molar-refractivity contribution is 9.10. The topological polar surface area (TPSA) is 76.7 Å². The van der Waals surface area contributed by atoms with Gasteiger partial charge in [0.15, 0.2) is 6.10 Å². The first-order valence-corrected chi connectivity index (χ1v) is 9.00. The first kappa shape index (κ1) is 19.8. The Morgan fingerprint density at radius 1 is 1.04 bits per heavy atom. The van der Waals surface area contributed by atoms with Crippen LogP contribution in [0.2, 0.25) is 0 Å². The maximum absolute atomic E-state index is 12.0. The molecule has 2 aromatic carbocycles. The Kier molecular flexibility index (Phi) is 7.47. The van der Waals surface area contributed by atoms with Crippen LogP contribution in [-0.2, 0) is 9.59 Å². The SMILES string of the molecule is CCOc1ccc(NC(=O)CNC(=O)C(C)Oc2ccc(Br)cc2)cc1. The van der Waals surface area contributed by atoms with Crippen LogP contribution in [0.1, 0.15) is 13.8 Å². The number of ether oxygens (including phenoxy) is 2. The highest BCUT2D eigenvalue weighted by Gasteiger charge is 2.15. The molecule has 0 bridgehead atoms. The predicted octanol–water partition coefficient (Wildman–Crippen LogP) is 3.37. The summed E-state index contributed by atoms with van der Waals surface area (Å²) in [7, 11) is 0. The van der Waals surface area contributed by atoms with Gasteiger partial charge in [0.05, 0.1) is 13.2 Å². The normalized spacial score (nSPS) is 11.3. The number of rotatable bonds is 8. The summed E-state index contributed by atoms with van der Waals surface area (Å²) in [6.07, 6.45) is -0.713. The largest absolute Gasteiger partial charge is 0.494 e. The third-order valence-corrected chi connectivity index (χ3v) is 3.90. The van der Waals surface area contributed by atoms with Crippen LogP contribution in [0.4, 0.5) is 5.69 Å². The number of carbonyl (C=O) groups excluding carboxylic acids is 2. The predicted molar refractivity (Wildman–Crippen MR) is 103 cm³/mol. The second-order valence-corrected chi connectivity index (χ2v) is 6.35. The zero-order chi connectivity index (χ0) is 18.9. The second kappa shape index (κ2) is 9.82. The smallest absolute Gasteiger partial charge is 0.261 e. The summed E-state index contributed by atoms with van der Waals surface area (Å²) >= 11 is 3.33.